The number of hydrogen-bond acceptors (Lipinski definition) is 2. The fourth-order valence-corrected chi connectivity index (χ4v) is 2.81. The summed E-state index contributed by atoms with van der Waals surface area (Å²) in [6.07, 6.45) is 6.27. The van der Waals surface area contributed by atoms with Crippen LogP contribution in [-0.2, 0) is 12.8 Å². The van der Waals surface area contributed by atoms with Crippen LogP contribution < -0.4 is 5.32 Å². The molecule has 0 aliphatic heterocycles. The van der Waals surface area contributed by atoms with Crippen molar-refractivity contribution in [3.05, 3.63) is 29.3 Å². The Morgan fingerprint density at radius 2 is 2.12 bits per heavy atom. The van der Waals surface area contributed by atoms with Gasteiger partial charge >= 0.3 is 0 Å². The first-order valence-electron chi connectivity index (χ1n) is 6.36. The molecule has 1 atom stereocenters. The van der Waals surface area contributed by atoms with Crippen LogP contribution in [-0.4, -0.2) is 17.7 Å². The molecule has 0 saturated heterocycles. The third kappa shape index (κ3) is 1.82. The number of benzene rings is 1. The van der Waals surface area contributed by atoms with Crippen molar-refractivity contribution in [2.75, 3.05) is 6.54 Å². The minimum atomic E-state index is 0.489. The second-order valence-electron chi connectivity index (χ2n) is 5.23. The third-order valence-electron chi connectivity index (χ3n) is 4.05. The van der Waals surface area contributed by atoms with E-state index in [1.807, 2.05) is 6.07 Å². The van der Waals surface area contributed by atoms with E-state index in [0.717, 1.165) is 25.4 Å². The molecule has 1 aromatic rings. The molecule has 2 N–H and O–H groups in total. The summed E-state index contributed by atoms with van der Waals surface area (Å²) < 4.78 is 0. The molecule has 1 fully saturated rings. The van der Waals surface area contributed by atoms with E-state index in [2.05, 4.69) is 11.4 Å². The van der Waals surface area contributed by atoms with Crippen molar-refractivity contribution in [2.24, 2.45) is 5.92 Å². The Bertz CT molecular complexity index is 384. The van der Waals surface area contributed by atoms with Gasteiger partial charge in [0, 0.05) is 6.04 Å². The lowest BCUT2D eigenvalue weighted by Gasteiger charge is -2.27. The monoisotopic (exact) mass is 217 g/mol. The molecule has 1 saturated carbocycles. The van der Waals surface area contributed by atoms with Gasteiger partial charge in [-0.2, -0.15) is 0 Å². The van der Waals surface area contributed by atoms with Crippen molar-refractivity contribution in [2.45, 2.75) is 38.1 Å². The second kappa shape index (κ2) is 4.10. The molecule has 2 aliphatic carbocycles. The third-order valence-corrected chi connectivity index (χ3v) is 4.05. The number of nitrogens with one attached hydrogen (secondary N) is 1. The van der Waals surface area contributed by atoms with Crippen LogP contribution in [0.25, 0.3) is 0 Å². The lowest BCUT2D eigenvalue weighted by molar-refractivity contribution is 0.318. The Balaban J connectivity index is 1.59. The van der Waals surface area contributed by atoms with Gasteiger partial charge in [0.05, 0.1) is 0 Å². The summed E-state index contributed by atoms with van der Waals surface area (Å²) in [6, 6.07) is 6.69. The van der Waals surface area contributed by atoms with E-state index in [0.29, 0.717) is 11.7 Å². The fourth-order valence-electron chi connectivity index (χ4n) is 2.81. The zero-order valence-electron chi connectivity index (χ0n) is 9.58. The second-order valence-corrected chi connectivity index (χ2v) is 5.23. The zero-order chi connectivity index (χ0) is 11.0. The standard InChI is InChI=1S/C14H19NO/c16-14-6-1-3-11-7-10(8-13(11)14)9-15-12-4-2-5-12/h1,3,6,10,12,15-16H,2,4-5,7-9H2. The zero-order valence-corrected chi connectivity index (χ0v) is 9.58. The molecule has 2 heteroatoms. The number of rotatable bonds is 3. The van der Waals surface area contributed by atoms with E-state index >= 15 is 0 Å². The van der Waals surface area contributed by atoms with E-state index in [9.17, 15) is 5.11 Å². The quantitative estimate of drug-likeness (QED) is 0.814. The highest BCUT2D eigenvalue weighted by molar-refractivity contribution is 5.42. The van der Waals surface area contributed by atoms with Crippen LogP contribution in [0.1, 0.15) is 30.4 Å². The smallest absolute Gasteiger partial charge is 0.119 e. The van der Waals surface area contributed by atoms with Crippen LogP contribution in [0.5, 0.6) is 5.75 Å². The highest BCUT2D eigenvalue weighted by Gasteiger charge is 2.25. The molecule has 0 amide bonds. The van der Waals surface area contributed by atoms with Gasteiger partial charge < -0.3 is 10.4 Å². The number of phenols is 1. The van der Waals surface area contributed by atoms with Gasteiger partial charge in [0.25, 0.3) is 0 Å². The largest absolute Gasteiger partial charge is 0.508 e. The lowest BCUT2D eigenvalue weighted by atomic mass is 9.92. The number of aromatic hydroxyl groups is 1. The van der Waals surface area contributed by atoms with Crippen LogP contribution in [0, 0.1) is 5.92 Å². The van der Waals surface area contributed by atoms with E-state index < -0.39 is 0 Å². The molecule has 0 bridgehead atoms. The summed E-state index contributed by atoms with van der Waals surface area (Å²) in [5.41, 5.74) is 2.53. The van der Waals surface area contributed by atoms with Gasteiger partial charge in [0.15, 0.2) is 0 Å². The molecule has 0 heterocycles. The van der Waals surface area contributed by atoms with Gasteiger partial charge in [-0.15, -0.1) is 0 Å². The number of phenolic OH excluding ortho intramolecular Hbond substituents is 1. The molecule has 2 nitrogen and oxygen atoms in total. The summed E-state index contributed by atoms with van der Waals surface area (Å²) >= 11 is 0. The van der Waals surface area contributed by atoms with Gasteiger partial charge in [0.2, 0.25) is 0 Å². The molecular formula is C14H19NO. The number of hydrogen-bond donors (Lipinski definition) is 2. The first-order chi connectivity index (χ1) is 7.83. The molecule has 0 spiro atoms. The van der Waals surface area contributed by atoms with Crippen molar-refractivity contribution in [1.82, 2.24) is 5.32 Å². The Morgan fingerprint density at radius 3 is 2.81 bits per heavy atom. The van der Waals surface area contributed by atoms with E-state index in [-0.39, 0.29) is 0 Å². The lowest BCUT2D eigenvalue weighted by Crippen LogP contribution is -2.38. The molecule has 86 valence electrons. The van der Waals surface area contributed by atoms with Crippen LogP contribution in [0.2, 0.25) is 0 Å². The molecule has 0 aromatic heterocycles. The fraction of sp³-hybridized carbons (Fsp3) is 0.571. The van der Waals surface area contributed by atoms with Gasteiger partial charge in [-0.25, -0.2) is 0 Å². The summed E-state index contributed by atoms with van der Waals surface area (Å²) in [5, 5.41) is 13.4. The van der Waals surface area contributed by atoms with Crippen molar-refractivity contribution in [3.63, 3.8) is 0 Å². The highest BCUT2D eigenvalue weighted by Crippen LogP contribution is 2.32. The molecule has 2 aliphatic rings. The Morgan fingerprint density at radius 1 is 1.25 bits per heavy atom. The van der Waals surface area contributed by atoms with Crippen molar-refractivity contribution < 1.29 is 5.11 Å². The summed E-state index contributed by atoms with van der Waals surface area (Å²) in [6.45, 7) is 1.11. The minimum Gasteiger partial charge on any atom is -0.508 e. The Kier molecular flexibility index (Phi) is 2.60. The molecule has 1 unspecified atom stereocenters. The average Bonchev–Trinajstić information content (AvgIpc) is 2.60. The highest BCUT2D eigenvalue weighted by atomic mass is 16.3. The van der Waals surface area contributed by atoms with E-state index in [4.69, 9.17) is 0 Å². The van der Waals surface area contributed by atoms with Gasteiger partial charge in [-0.1, -0.05) is 18.6 Å². The van der Waals surface area contributed by atoms with Crippen molar-refractivity contribution in [1.29, 1.82) is 0 Å². The predicted molar refractivity (Wildman–Crippen MR) is 64.6 cm³/mol. The SMILES string of the molecule is Oc1cccc2c1CC(CNC1CCC1)C2. The van der Waals surface area contributed by atoms with Crippen LogP contribution >= 0.6 is 0 Å². The summed E-state index contributed by atoms with van der Waals surface area (Å²) in [5.74, 6) is 1.17. The Hall–Kier alpha value is -1.02. The Labute approximate surface area is 96.7 Å². The van der Waals surface area contributed by atoms with Crippen LogP contribution in [0.4, 0.5) is 0 Å². The van der Waals surface area contributed by atoms with Gasteiger partial charge in [0.1, 0.15) is 5.75 Å². The summed E-state index contributed by atoms with van der Waals surface area (Å²) in [7, 11) is 0. The van der Waals surface area contributed by atoms with Crippen LogP contribution in [0.3, 0.4) is 0 Å². The molecular weight excluding hydrogens is 198 g/mol. The molecule has 0 radical (unpaired) electrons. The normalized spacial score (nSPS) is 24.1. The van der Waals surface area contributed by atoms with E-state index in [1.165, 1.54) is 30.4 Å². The maximum absolute atomic E-state index is 9.76. The maximum atomic E-state index is 9.76. The summed E-state index contributed by atoms with van der Waals surface area (Å²) in [4.78, 5) is 0. The average molecular weight is 217 g/mol. The minimum absolute atomic E-state index is 0.489. The number of fused-ring (bicyclic) bond motifs is 1. The van der Waals surface area contributed by atoms with Gasteiger partial charge in [-0.3, -0.25) is 0 Å². The molecule has 3 rings (SSSR count). The molecule has 1 aromatic carbocycles. The first-order valence-corrected chi connectivity index (χ1v) is 6.36. The molecule has 16 heavy (non-hydrogen) atoms. The maximum Gasteiger partial charge on any atom is 0.119 e. The van der Waals surface area contributed by atoms with Crippen molar-refractivity contribution >= 4 is 0 Å². The van der Waals surface area contributed by atoms with Crippen LogP contribution in [0.15, 0.2) is 18.2 Å². The van der Waals surface area contributed by atoms with Gasteiger partial charge in [-0.05, 0) is 55.3 Å². The van der Waals surface area contributed by atoms with E-state index in [1.54, 1.807) is 6.07 Å². The predicted octanol–water partition coefficient (Wildman–Crippen LogP) is 2.25. The topological polar surface area (TPSA) is 32.3 Å². The van der Waals surface area contributed by atoms with Crippen molar-refractivity contribution in [3.8, 4) is 5.75 Å². The first kappa shape index (κ1) is 10.2.